The third-order valence-electron chi connectivity index (χ3n) is 3.11. The molecule has 134 valence electrons. The van der Waals surface area contributed by atoms with Crippen LogP contribution in [0.5, 0.6) is 0 Å². The third kappa shape index (κ3) is 5.15. The first-order valence-corrected chi connectivity index (χ1v) is 7.77. The van der Waals surface area contributed by atoms with E-state index < -0.39 is 17.6 Å². The van der Waals surface area contributed by atoms with Gasteiger partial charge >= 0.3 is 6.18 Å². The zero-order chi connectivity index (χ0) is 19.3. The molecule has 2 aromatic rings. The molecule has 2 aromatic carbocycles. The molecule has 0 heterocycles. The highest BCUT2D eigenvalue weighted by Crippen LogP contribution is 2.30. The van der Waals surface area contributed by atoms with Gasteiger partial charge in [0.05, 0.1) is 16.3 Å². The Morgan fingerprint density at radius 2 is 1.88 bits per heavy atom. The molecule has 4 nitrogen and oxygen atoms in total. The molecule has 2 rings (SSSR count). The summed E-state index contributed by atoms with van der Waals surface area (Å²) in [5, 5.41) is 14.7. The number of nitrogens with zero attached hydrogens (tertiary/aromatic N) is 1. The van der Waals surface area contributed by atoms with Gasteiger partial charge in [0.25, 0.3) is 5.91 Å². The molecule has 9 heteroatoms. The van der Waals surface area contributed by atoms with Gasteiger partial charge in [-0.2, -0.15) is 18.4 Å². The highest BCUT2D eigenvalue weighted by atomic mass is 35.5. The molecule has 0 radical (unpaired) electrons. The number of benzene rings is 2. The van der Waals surface area contributed by atoms with Crippen molar-refractivity contribution in [3.63, 3.8) is 0 Å². The van der Waals surface area contributed by atoms with Crippen LogP contribution in [-0.4, -0.2) is 5.91 Å². The van der Waals surface area contributed by atoms with Gasteiger partial charge in [0.15, 0.2) is 0 Å². The average molecular weight is 400 g/mol. The lowest BCUT2D eigenvalue weighted by Gasteiger charge is -2.10. The van der Waals surface area contributed by atoms with E-state index in [0.717, 1.165) is 24.4 Å². The number of amides is 1. The molecule has 0 saturated carbocycles. The second-order valence-electron chi connectivity index (χ2n) is 4.97. The number of carbonyl (C=O) groups is 1. The normalized spacial score (nSPS) is 11.6. The van der Waals surface area contributed by atoms with E-state index in [1.165, 1.54) is 18.2 Å². The Balaban J connectivity index is 2.16. The van der Waals surface area contributed by atoms with Crippen molar-refractivity contribution in [2.24, 2.45) is 0 Å². The minimum atomic E-state index is -4.54. The minimum absolute atomic E-state index is 0.0910. The first kappa shape index (κ1) is 19.6. The maximum Gasteiger partial charge on any atom is 0.416 e. The van der Waals surface area contributed by atoms with Gasteiger partial charge in [0.1, 0.15) is 11.6 Å². The number of hydrogen-bond acceptors (Lipinski definition) is 3. The lowest BCUT2D eigenvalue weighted by Crippen LogP contribution is -2.15. The average Bonchev–Trinajstić information content (AvgIpc) is 2.58. The highest BCUT2D eigenvalue weighted by molar-refractivity contribution is 6.35. The fourth-order valence-electron chi connectivity index (χ4n) is 1.88. The van der Waals surface area contributed by atoms with Gasteiger partial charge < -0.3 is 10.6 Å². The van der Waals surface area contributed by atoms with Crippen LogP contribution in [0.3, 0.4) is 0 Å². The predicted molar refractivity (Wildman–Crippen MR) is 93.9 cm³/mol. The Morgan fingerprint density at radius 1 is 1.15 bits per heavy atom. The third-order valence-corrected chi connectivity index (χ3v) is 3.68. The van der Waals surface area contributed by atoms with Gasteiger partial charge in [-0.1, -0.05) is 29.3 Å². The first-order chi connectivity index (χ1) is 12.2. The molecule has 26 heavy (non-hydrogen) atoms. The van der Waals surface area contributed by atoms with E-state index in [4.69, 9.17) is 28.5 Å². The van der Waals surface area contributed by atoms with E-state index in [1.807, 2.05) is 0 Å². The predicted octanol–water partition coefficient (Wildman–Crippen LogP) is 5.47. The van der Waals surface area contributed by atoms with Gasteiger partial charge in [-0.25, -0.2) is 0 Å². The number of nitrogens with one attached hydrogen (secondary N) is 2. The summed E-state index contributed by atoms with van der Waals surface area (Å²) in [6.45, 7) is 0. The highest BCUT2D eigenvalue weighted by Gasteiger charge is 2.30. The molecule has 0 aliphatic rings. The standard InChI is InChI=1S/C17H10Cl2F3N3O/c18-12-4-5-14(19)15(7-12)24-9-10(8-23)16(26)25-13-3-1-2-11(6-13)17(20,21)22/h1-7,9,24H,(H,25,26)/b10-9-. The van der Waals surface area contributed by atoms with Gasteiger partial charge in [0.2, 0.25) is 0 Å². The zero-order valence-electron chi connectivity index (χ0n) is 12.9. The van der Waals surface area contributed by atoms with Gasteiger partial charge in [-0.3, -0.25) is 4.79 Å². The van der Waals surface area contributed by atoms with Crippen LogP contribution in [0.4, 0.5) is 24.5 Å². The van der Waals surface area contributed by atoms with Crippen molar-refractivity contribution < 1.29 is 18.0 Å². The van der Waals surface area contributed by atoms with Crippen LogP contribution in [0.15, 0.2) is 54.2 Å². The van der Waals surface area contributed by atoms with E-state index >= 15 is 0 Å². The number of anilines is 2. The number of nitriles is 1. The monoisotopic (exact) mass is 399 g/mol. The van der Waals surface area contributed by atoms with E-state index in [-0.39, 0.29) is 11.3 Å². The summed E-state index contributed by atoms with van der Waals surface area (Å²) in [6.07, 6.45) is -3.46. The Bertz CT molecular complexity index is 905. The molecule has 0 aliphatic heterocycles. The van der Waals surface area contributed by atoms with Crippen molar-refractivity contribution in [2.45, 2.75) is 6.18 Å². The fourth-order valence-corrected chi connectivity index (χ4v) is 2.22. The smallest absolute Gasteiger partial charge is 0.359 e. The molecule has 0 saturated heterocycles. The van der Waals surface area contributed by atoms with Crippen molar-refractivity contribution in [2.75, 3.05) is 10.6 Å². The second-order valence-corrected chi connectivity index (χ2v) is 5.81. The minimum Gasteiger partial charge on any atom is -0.359 e. The fraction of sp³-hybridized carbons (Fsp3) is 0.0588. The second kappa shape index (κ2) is 8.13. The molecular formula is C17H10Cl2F3N3O. The van der Waals surface area contributed by atoms with Crippen LogP contribution < -0.4 is 10.6 Å². The lowest BCUT2D eigenvalue weighted by molar-refractivity contribution is -0.137. The van der Waals surface area contributed by atoms with E-state index in [1.54, 1.807) is 12.1 Å². The van der Waals surface area contributed by atoms with Gasteiger partial charge in [-0.15, -0.1) is 0 Å². The van der Waals surface area contributed by atoms with Gasteiger partial charge in [0, 0.05) is 16.9 Å². The summed E-state index contributed by atoms with van der Waals surface area (Å²) >= 11 is 11.8. The van der Waals surface area contributed by atoms with Crippen molar-refractivity contribution in [3.05, 3.63) is 69.8 Å². The molecule has 0 aromatic heterocycles. The van der Waals surface area contributed by atoms with Crippen molar-refractivity contribution in [3.8, 4) is 6.07 Å². The topological polar surface area (TPSA) is 64.9 Å². The molecule has 0 unspecified atom stereocenters. The van der Waals surface area contributed by atoms with Crippen LogP contribution in [0.25, 0.3) is 0 Å². The van der Waals surface area contributed by atoms with Crippen LogP contribution in [0.2, 0.25) is 10.0 Å². The molecular weight excluding hydrogens is 390 g/mol. The molecule has 0 aliphatic carbocycles. The maximum atomic E-state index is 12.7. The number of alkyl halides is 3. The first-order valence-electron chi connectivity index (χ1n) is 7.01. The maximum absolute atomic E-state index is 12.7. The number of hydrogen-bond donors (Lipinski definition) is 2. The molecule has 0 atom stereocenters. The van der Waals surface area contributed by atoms with E-state index in [0.29, 0.717) is 15.7 Å². The number of halogens is 5. The summed E-state index contributed by atoms with van der Waals surface area (Å²) in [6, 6.07) is 10.3. The van der Waals surface area contributed by atoms with Crippen molar-refractivity contribution >= 4 is 40.5 Å². The Morgan fingerprint density at radius 3 is 2.54 bits per heavy atom. The van der Waals surface area contributed by atoms with Crippen LogP contribution >= 0.6 is 23.2 Å². The number of carbonyl (C=O) groups excluding carboxylic acids is 1. The molecule has 2 N–H and O–H groups in total. The summed E-state index contributed by atoms with van der Waals surface area (Å²) in [5.41, 5.74) is -1.01. The molecule has 1 amide bonds. The summed E-state index contributed by atoms with van der Waals surface area (Å²) in [5.74, 6) is -0.877. The largest absolute Gasteiger partial charge is 0.416 e. The Kier molecular flexibility index (Phi) is 6.14. The van der Waals surface area contributed by atoms with Crippen LogP contribution in [0.1, 0.15) is 5.56 Å². The molecule has 0 bridgehead atoms. The quantitative estimate of drug-likeness (QED) is 0.529. The summed E-state index contributed by atoms with van der Waals surface area (Å²) in [4.78, 5) is 12.1. The lowest BCUT2D eigenvalue weighted by atomic mass is 10.2. The molecule has 0 fully saturated rings. The van der Waals surface area contributed by atoms with Gasteiger partial charge in [-0.05, 0) is 36.4 Å². The van der Waals surface area contributed by atoms with Crippen LogP contribution in [-0.2, 0) is 11.0 Å². The summed E-state index contributed by atoms with van der Waals surface area (Å²) < 4.78 is 38.1. The SMILES string of the molecule is N#C/C(=C/Nc1cc(Cl)ccc1Cl)C(=O)Nc1cccc(C(F)(F)F)c1. The Labute approximate surface area is 156 Å². The zero-order valence-corrected chi connectivity index (χ0v) is 14.4. The molecule has 0 spiro atoms. The van der Waals surface area contributed by atoms with E-state index in [9.17, 15) is 18.0 Å². The number of rotatable bonds is 4. The van der Waals surface area contributed by atoms with Crippen LogP contribution in [0, 0.1) is 11.3 Å². The van der Waals surface area contributed by atoms with Crippen molar-refractivity contribution in [1.82, 2.24) is 0 Å². The summed E-state index contributed by atoms with van der Waals surface area (Å²) in [7, 11) is 0. The van der Waals surface area contributed by atoms with E-state index in [2.05, 4.69) is 10.6 Å². The van der Waals surface area contributed by atoms with Crippen molar-refractivity contribution in [1.29, 1.82) is 5.26 Å². The Hall–Kier alpha value is -2.69.